The first-order chi connectivity index (χ1) is 10.6. The van der Waals surface area contributed by atoms with Gasteiger partial charge in [0.25, 0.3) is 0 Å². The highest BCUT2D eigenvalue weighted by molar-refractivity contribution is 6.42. The second-order valence-electron chi connectivity index (χ2n) is 6.47. The molecule has 1 unspecified atom stereocenters. The van der Waals surface area contributed by atoms with Crippen molar-refractivity contribution in [3.63, 3.8) is 0 Å². The summed E-state index contributed by atoms with van der Waals surface area (Å²) >= 11 is 12.3. The third-order valence-corrected chi connectivity index (χ3v) is 5.75. The van der Waals surface area contributed by atoms with Gasteiger partial charge in [0.05, 0.1) is 16.1 Å². The molecule has 5 heteroatoms. The number of rotatable bonds is 3. The maximum atomic E-state index is 9.79. The molecule has 0 saturated carbocycles. The summed E-state index contributed by atoms with van der Waals surface area (Å²) in [7, 11) is 0. The second-order valence-corrected chi connectivity index (χ2v) is 7.29. The van der Waals surface area contributed by atoms with Crippen LogP contribution in [-0.2, 0) is 0 Å². The Hall–Kier alpha value is -0.320. The first-order valence-corrected chi connectivity index (χ1v) is 8.98. The molecule has 0 aliphatic carbocycles. The van der Waals surface area contributed by atoms with Gasteiger partial charge in [0.15, 0.2) is 0 Å². The maximum Gasteiger partial charge on any atom is 0.0595 e. The molecule has 0 aromatic heterocycles. The Labute approximate surface area is 142 Å². The Morgan fingerprint density at radius 3 is 2.36 bits per heavy atom. The smallest absolute Gasteiger partial charge is 0.0595 e. The monoisotopic (exact) mass is 342 g/mol. The van der Waals surface area contributed by atoms with Gasteiger partial charge in [0.1, 0.15) is 0 Å². The van der Waals surface area contributed by atoms with Crippen LogP contribution in [0, 0.1) is 5.92 Å². The maximum absolute atomic E-state index is 9.79. The van der Waals surface area contributed by atoms with Crippen LogP contribution in [0.3, 0.4) is 0 Å². The molecule has 1 atom stereocenters. The zero-order chi connectivity index (χ0) is 15.5. The van der Waals surface area contributed by atoms with Gasteiger partial charge in [-0.25, -0.2) is 0 Å². The zero-order valence-corrected chi connectivity index (χ0v) is 14.3. The van der Waals surface area contributed by atoms with Crippen LogP contribution in [0.2, 0.25) is 10.0 Å². The molecule has 3 rings (SSSR count). The number of aliphatic hydroxyl groups excluding tert-OH is 1. The van der Waals surface area contributed by atoms with Crippen molar-refractivity contribution < 1.29 is 5.11 Å². The van der Waals surface area contributed by atoms with Crippen LogP contribution in [-0.4, -0.2) is 42.3 Å². The fraction of sp³-hybridized carbons (Fsp3) is 0.647. The van der Waals surface area contributed by atoms with Crippen molar-refractivity contribution in [2.75, 3.05) is 26.2 Å². The van der Waals surface area contributed by atoms with E-state index in [1.807, 2.05) is 12.1 Å². The first kappa shape index (κ1) is 16.5. The summed E-state index contributed by atoms with van der Waals surface area (Å²) in [5.41, 5.74) is 1.26. The molecule has 22 heavy (non-hydrogen) atoms. The predicted molar refractivity (Wildman–Crippen MR) is 91.6 cm³/mol. The normalized spacial score (nSPS) is 23.6. The summed E-state index contributed by atoms with van der Waals surface area (Å²) in [6.07, 6.45) is 3.96. The minimum atomic E-state index is -0.140. The number of nitrogens with zero attached hydrogens (tertiary/aromatic N) is 1. The molecule has 122 valence electrons. The highest BCUT2D eigenvalue weighted by Crippen LogP contribution is 2.38. The number of halogens is 2. The molecule has 2 fully saturated rings. The molecule has 0 radical (unpaired) electrons. The number of piperidine rings is 2. The quantitative estimate of drug-likeness (QED) is 0.882. The van der Waals surface area contributed by atoms with Crippen LogP contribution in [0.1, 0.15) is 37.3 Å². The van der Waals surface area contributed by atoms with E-state index in [2.05, 4.69) is 16.3 Å². The van der Waals surface area contributed by atoms with Gasteiger partial charge < -0.3 is 10.4 Å². The van der Waals surface area contributed by atoms with Gasteiger partial charge >= 0.3 is 0 Å². The molecule has 2 aliphatic heterocycles. The molecule has 2 saturated heterocycles. The highest BCUT2D eigenvalue weighted by atomic mass is 35.5. The van der Waals surface area contributed by atoms with Crippen molar-refractivity contribution >= 4 is 23.2 Å². The molecular weight excluding hydrogens is 319 g/mol. The van der Waals surface area contributed by atoms with Crippen molar-refractivity contribution in [2.24, 2.45) is 5.92 Å². The number of nitrogens with one attached hydrogen (secondary N) is 1. The first-order valence-electron chi connectivity index (χ1n) is 8.23. The molecular formula is C17H24Cl2N2O. The minimum absolute atomic E-state index is 0.140. The molecule has 1 aromatic carbocycles. The molecule has 2 aliphatic rings. The van der Waals surface area contributed by atoms with Crippen LogP contribution < -0.4 is 5.32 Å². The van der Waals surface area contributed by atoms with E-state index in [0.29, 0.717) is 22.0 Å². The van der Waals surface area contributed by atoms with Gasteiger partial charge in [-0.15, -0.1) is 0 Å². The summed E-state index contributed by atoms with van der Waals surface area (Å²) < 4.78 is 0. The Morgan fingerprint density at radius 1 is 1.05 bits per heavy atom. The lowest BCUT2D eigenvalue weighted by Gasteiger charge is -2.42. The molecule has 2 N–H and O–H groups in total. The fourth-order valence-corrected chi connectivity index (χ4v) is 4.11. The summed E-state index contributed by atoms with van der Waals surface area (Å²) in [5, 5.41) is 14.5. The third kappa shape index (κ3) is 3.77. The average molecular weight is 343 g/mol. The Morgan fingerprint density at radius 2 is 1.73 bits per heavy atom. The lowest BCUT2D eigenvalue weighted by molar-refractivity contribution is 0.0371. The highest BCUT2D eigenvalue weighted by Gasteiger charge is 2.32. The van der Waals surface area contributed by atoms with Crippen molar-refractivity contribution in [2.45, 2.75) is 37.8 Å². The molecule has 2 heterocycles. The Bertz CT molecular complexity index is 497. The van der Waals surface area contributed by atoms with Gasteiger partial charge in [0, 0.05) is 19.1 Å². The number of benzene rings is 1. The van der Waals surface area contributed by atoms with Crippen molar-refractivity contribution in [1.82, 2.24) is 10.2 Å². The standard InChI is InChI=1S/C17H24Cl2N2O/c18-15-2-1-13(11-16(15)19)17(12-3-7-20-8-4-12)21-9-5-14(22)6-10-21/h1-2,11-12,14,17,20,22H,3-10H2. The summed E-state index contributed by atoms with van der Waals surface area (Å²) in [6, 6.07) is 6.43. The Kier molecular flexibility index (Phi) is 5.64. The van der Waals surface area contributed by atoms with Crippen molar-refractivity contribution in [3.05, 3.63) is 33.8 Å². The molecule has 1 aromatic rings. The van der Waals surface area contributed by atoms with E-state index in [4.69, 9.17) is 23.2 Å². The van der Waals surface area contributed by atoms with Gasteiger partial charge in [-0.3, -0.25) is 4.90 Å². The fourth-order valence-electron chi connectivity index (χ4n) is 3.80. The van der Waals surface area contributed by atoms with Gasteiger partial charge in [0.2, 0.25) is 0 Å². The second kappa shape index (κ2) is 7.50. The van der Waals surface area contributed by atoms with E-state index in [-0.39, 0.29) is 6.10 Å². The lowest BCUT2D eigenvalue weighted by Crippen LogP contribution is -2.43. The zero-order valence-electron chi connectivity index (χ0n) is 12.8. The van der Waals surface area contributed by atoms with Crippen molar-refractivity contribution in [1.29, 1.82) is 0 Å². The summed E-state index contributed by atoms with van der Waals surface area (Å²) in [5.74, 6) is 0.633. The summed E-state index contributed by atoms with van der Waals surface area (Å²) in [4.78, 5) is 2.53. The predicted octanol–water partition coefficient (Wildman–Crippen LogP) is 3.49. The van der Waals surface area contributed by atoms with E-state index in [1.54, 1.807) is 0 Å². The van der Waals surface area contributed by atoms with E-state index in [9.17, 15) is 5.11 Å². The molecule has 0 spiro atoms. The van der Waals surface area contributed by atoms with E-state index < -0.39 is 0 Å². The van der Waals surface area contributed by atoms with Gasteiger partial charge in [-0.05, 0) is 62.4 Å². The Balaban J connectivity index is 1.85. The van der Waals surface area contributed by atoms with Gasteiger partial charge in [-0.1, -0.05) is 29.3 Å². The number of aliphatic hydroxyl groups is 1. The van der Waals surface area contributed by atoms with E-state index >= 15 is 0 Å². The third-order valence-electron chi connectivity index (χ3n) is 5.01. The largest absolute Gasteiger partial charge is 0.393 e. The molecule has 0 amide bonds. The topological polar surface area (TPSA) is 35.5 Å². The average Bonchev–Trinajstić information content (AvgIpc) is 2.54. The van der Waals surface area contributed by atoms with E-state index in [0.717, 1.165) is 39.0 Å². The van der Waals surface area contributed by atoms with Crippen LogP contribution in [0.4, 0.5) is 0 Å². The van der Waals surface area contributed by atoms with Gasteiger partial charge in [-0.2, -0.15) is 0 Å². The number of hydrogen-bond donors (Lipinski definition) is 2. The molecule has 0 bridgehead atoms. The van der Waals surface area contributed by atoms with Crippen LogP contribution >= 0.6 is 23.2 Å². The number of likely N-dealkylation sites (tertiary alicyclic amines) is 1. The number of hydrogen-bond acceptors (Lipinski definition) is 3. The van der Waals surface area contributed by atoms with E-state index in [1.165, 1.54) is 18.4 Å². The minimum Gasteiger partial charge on any atom is -0.393 e. The van der Waals surface area contributed by atoms with Crippen molar-refractivity contribution in [3.8, 4) is 0 Å². The van der Waals surface area contributed by atoms with Crippen LogP contribution in [0.25, 0.3) is 0 Å². The van der Waals surface area contributed by atoms with Crippen LogP contribution in [0.15, 0.2) is 18.2 Å². The summed E-state index contributed by atoms with van der Waals surface area (Å²) in [6.45, 7) is 4.07. The van der Waals surface area contributed by atoms with Crippen LogP contribution in [0.5, 0.6) is 0 Å². The lowest BCUT2D eigenvalue weighted by atomic mass is 9.84. The molecule has 3 nitrogen and oxygen atoms in total. The SMILES string of the molecule is OC1CCN(C(c2ccc(Cl)c(Cl)c2)C2CCNCC2)CC1.